The van der Waals surface area contributed by atoms with E-state index >= 15 is 0 Å². The summed E-state index contributed by atoms with van der Waals surface area (Å²) in [6.07, 6.45) is 1.01. The Bertz CT molecular complexity index is 1200. The zero-order chi connectivity index (χ0) is 20.6. The molecule has 7 nitrogen and oxygen atoms in total. The molecule has 0 aliphatic carbocycles. The highest BCUT2D eigenvalue weighted by atomic mass is 35.5. The molecular formula is C18H15Cl2N3O4S. The lowest BCUT2D eigenvalue weighted by molar-refractivity contribution is -0.117. The van der Waals surface area contributed by atoms with Crippen molar-refractivity contribution in [1.82, 2.24) is 9.55 Å². The van der Waals surface area contributed by atoms with Crippen molar-refractivity contribution in [1.29, 1.82) is 0 Å². The van der Waals surface area contributed by atoms with E-state index in [0.717, 1.165) is 6.26 Å². The Balaban J connectivity index is 2.14. The van der Waals surface area contributed by atoms with Gasteiger partial charge in [-0.1, -0.05) is 35.3 Å². The zero-order valence-electron chi connectivity index (χ0n) is 14.9. The lowest BCUT2D eigenvalue weighted by atomic mass is 10.2. The number of Topliss-reactive ketones (excluding diaryl/α,β-unsaturated/α-hetero) is 1. The van der Waals surface area contributed by atoms with E-state index in [9.17, 15) is 18.0 Å². The molecule has 1 aromatic heterocycles. The van der Waals surface area contributed by atoms with E-state index in [1.54, 1.807) is 24.3 Å². The number of ketones is 1. The second kappa shape index (κ2) is 7.54. The van der Waals surface area contributed by atoms with Crippen molar-refractivity contribution in [3.8, 4) is 0 Å². The molecular weight excluding hydrogens is 425 g/mol. The minimum atomic E-state index is -3.71. The number of para-hydroxylation sites is 1. The van der Waals surface area contributed by atoms with Gasteiger partial charge in [0.25, 0.3) is 5.91 Å². The van der Waals surface area contributed by atoms with Gasteiger partial charge in [0.15, 0.2) is 0 Å². The van der Waals surface area contributed by atoms with Crippen LogP contribution in [0.2, 0.25) is 10.0 Å². The number of anilines is 1. The highest BCUT2D eigenvalue weighted by Crippen LogP contribution is 2.29. The Morgan fingerprint density at radius 1 is 1.11 bits per heavy atom. The molecule has 1 amide bonds. The SMILES string of the molecule is CC(=O)Cn1c(S(C)(=O)=O)nc2c(NC(=O)c3c(Cl)cccc3Cl)cccc21. The fraction of sp³-hybridized carbons (Fsp3) is 0.167. The van der Waals surface area contributed by atoms with Gasteiger partial charge in [-0.3, -0.25) is 9.59 Å². The van der Waals surface area contributed by atoms with Gasteiger partial charge < -0.3 is 9.88 Å². The third-order valence-corrected chi connectivity index (χ3v) is 5.50. The molecule has 1 heterocycles. The van der Waals surface area contributed by atoms with Crippen LogP contribution in [0.15, 0.2) is 41.6 Å². The summed E-state index contributed by atoms with van der Waals surface area (Å²) < 4.78 is 25.6. The molecule has 0 saturated carbocycles. The van der Waals surface area contributed by atoms with Crippen LogP contribution in [0.4, 0.5) is 5.69 Å². The maximum atomic E-state index is 12.7. The predicted molar refractivity (Wildman–Crippen MR) is 108 cm³/mol. The molecule has 0 atom stereocenters. The summed E-state index contributed by atoms with van der Waals surface area (Å²) >= 11 is 12.1. The first-order valence-electron chi connectivity index (χ1n) is 8.03. The summed E-state index contributed by atoms with van der Waals surface area (Å²) in [7, 11) is -3.71. The molecule has 3 rings (SSSR count). The molecule has 0 aliphatic rings. The Labute approximate surface area is 171 Å². The van der Waals surface area contributed by atoms with Crippen LogP contribution in [0.25, 0.3) is 11.0 Å². The van der Waals surface area contributed by atoms with Gasteiger partial charge in [0.2, 0.25) is 15.0 Å². The first-order valence-corrected chi connectivity index (χ1v) is 10.7. The number of hydrogen-bond acceptors (Lipinski definition) is 5. The number of aromatic nitrogens is 2. The average molecular weight is 440 g/mol. The normalized spacial score (nSPS) is 11.6. The number of hydrogen-bond donors (Lipinski definition) is 1. The standard InChI is InChI=1S/C18H15Cl2N3O4S/c1-10(24)9-23-14-8-4-7-13(16(14)22-18(23)28(2,26)27)21-17(25)15-11(19)5-3-6-12(15)20/h3-8H,9H2,1-2H3,(H,21,25). The van der Waals surface area contributed by atoms with Gasteiger partial charge in [-0.15, -0.1) is 0 Å². The third-order valence-electron chi connectivity index (χ3n) is 3.89. The maximum Gasteiger partial charge on any atom is 0.258 e. The number of fused-ring (bicyclic) bond motifs is 1. The van der Waals surface area contributed by atoms with Gasteiger partial charge in [0.1, 0.15) is 11.3 Å². The van der Waals surface area contributed by atoms with E-state index < -0.39 is 15.7 Å². The molecule has 3 aromatic rings. The number of rotatable bonds is 5. The van der Waals surface area contributed by atoms with Crippen LogP contribution < -0.4 is 5.32 Å². The second-order valence-electron chi connectivity index (χ2n) is 6.18. The summed E-state index contributed by atoms with van der Waals surface area (Å²) in [5.41, 5.74) is 0.999. The van der Waals surface area contributed by atoms with Gasteiger partial charge >= 0.3 is 0 Å². The first kappa shape index (κ1) is 20.3. The minimum absolute atomic E-state index is 0.0920. The van der Waals surface area contributed by atoms with Crippen LogP contribution in [0, 0.1) is 0 Å². The van der Waals surface area contributed by atoms with Crippen LogP contribution in [-0.4, -0.2) is 35.9 Å². The monoisotopic (exact) mass is 439 g/mol. The lowest BCUT2D eigenvalue weighted by Gasteiger charge is -2.09. The van der Waals surface area contributed by atoms with Gasteiger partial charge in [0.05, 0.1) is 33.4 Å². The smallest absolute Gasteiger partial charge is 0.258 e. The molecule has 0 spiro atoms. The first-order chi connectivity index (χ1) is 13.1. The number of nitrogens with one attached hydrogen (secondary N) is 1. The number of carbonyl (C=O) groups excluding carboxylic acids is 2. The molecule has 0 fully saturated rings. The van der Waals surface area contributed by atoms with Crippen molar-refractivity contribution in [3.63, 3.8) is 0 Å². The number of sulfone groups is 1. The van der Waals surface area contributed by atoms with E-state index in [1.807, 2.05) is 0 Å². The van der Waals surface area contributed by atoms with Gasteiger partial charge in [-0.2, -0.15) is 0 Å². The lowest BCUT2D eigenvalue weighted by Crippen LogP contribution is -2.13. The second-order valence-corrected chi connectivity index (χ2v) is 8.90. The van der Waals surface area contributed by atoms with E-state index in [0.29, 0.717) is 5.52 Å². The summed E-state index contributed by atoms with van der Waals surface area (Å²) in [6, 6.07) is 9.50. The summed E-state index contributed by atoms with van der Waals surface area (Å²) in [5, 5.41) is 2.76. The third kappa shape index (κ3) is 3.89. The van der Waals surface area contributed by atoms with Gasteiger partial charge in [-0.05, 0) is 31.2 Å². The Morgan fingerprint density at radius 3 is 2.29 bits per heavy atom. The molecule has 146 valence electrons. The molecule has 0 bridgehead atoms. The fourth-order valence-electron chi connectivity index (χ4n) is 2.78. The number of nitrogens with zero attached hydrogens (tertiary/aromatic N) is 2. The summed E-state index contributed by atoms with van der Waals surface area (Å²) in [5.74, 6) is -0.799. The number of carbonyl (C=O) groups is 2. The highest BCUT2D eigenvalue weighted by molar-refractivity contribution is 7.90. The van der Waals surface area contributed by atoms with Crippen molar-refractivity contribution in [2.75, 3.05) is 11.6 Å². The van der Waals surface area contributed by atoms with Crippen LogP contribution in [-0.2, 0) is 21.2 Å². The van der Waals surface area contributed by atoms with Gasteiger partial charge in [0, 0.05) is 6.26 Å². The number of halogens is 2. The van der Waals surface area contributed by atoms with Crippen molar-refractivity contribution in [3.05, 3.63) is 52.0 Å². The fourth-order valence-corrected chi connectivity index (χ4v) is 4.17. The van der Waals surface area contributed by atoms with Crippen LogP contribution in [0.1, 0.15) is 17.3 Å². The van der Waals surface area contributed by atoms with E-state index in [1.165, 1.54) is 23.6 Å². The maximum absolute atomic E-state index is 12.7. The van der Waals surface area contributed by atoms with E-state index in [4.69, 9.17) is 23.2 Å². The van der Waals surface area contributed by atoms with E-state index in [-0.39, 0.29) is 44.3 Å². The minimum Gasteiger partial charge on any atom is -0.320 e. The summed E-state index contributed by atoms with van der Waals surface area (Å²) in [4.78, 5) is 28.5. The van der Waals surface area contributed by atoms with Crippen molar-refractivity contribution in [2.45, 2.75) is 18.6 Å². The molecule has 10 heteroatoms. The molecule has 0 aliphatic heterocycles. The number of benzene rings is 2. The molecule has 2 aromatic carbocycles. The Morgan fingerprint density at radius 2 is 1.71 bits per heavy atom. The summed E-state index contributed by atoms with van der Waals surface area (Å²) in [6.45, 7) is 1.19. The van der Waals surface area contributed by atoms with E-state index in [2.05, 4.69) is 10.3 Å². The predicted octanol–water partition coefficient (Wildman–Crippen LogP) is 3.59. The van der Waals surface area contributed by atoms with Crippen LogP contribution in [0.3, 0.4) is 0 Å². The van der Waals surface area contributed by atoms with Gasteiger partial charge in [-0.25, -0.2) is 13.4 Å². The highest BCUT2D eigenvalue weighted by Gasteiger charge is 2.23. The molecule has 1 N–H and O–H groups in total. The Hall–Kier alpha value is -2.42. The quantitative estimate of drug-likeness (QED) is 0.654. The molecule has 0 unspecified atom stereocenters. The molecule has 0 radical (unpaired) electrons. The van der Waals surface area contributed by atoms with Crippen LogP contribution in [0.5, 0.6) is 0 Å². The average Bonchev–Trinajstić information content (AvgIpc) is 2.94. The topological polar surface area (TPSA) is 98.1 Å². The van der Waals surface area contributed by atoms with Crippen molar-refractivity contribution in [2.24, 2.45) is 0 Å². The molecule has 0 saturated heterocycles. The molecule has 28 heavy (non-hydrogen) atoms. The van der Waals surface area contributed by atoms with Crippen molar-refractivity contribution >= 4 is 61.5 Å². The Kier molecular flexibility index (Phi) is 5.47. The zero-order valence-corrected chi connectivity index (χ0v) is 17.2. The van der Waals surface area contributed by atoms with Crippen molar-refractivity contribution < 1.29 is 18.0 Å². The largest absolute Gasteiger partial charge is 0.320 e. The number of amides is 1. The van der Waals surface area contributed by atoms with Crippen LogP contribution >= 0.6 is 23.2 Å². The number of imidazole rings is 1.